The van der Waals surface area contributed by atoms with E-state index in [-0.39, 0.29) is 32.7 Å². The Balaban J connectivity index is 2.62. The molecular weight excluding hydrogens is 781 g/mol. The minimum Gasteiger partial charge on any atom is -0.463 e. The molecule has 12 heteroatoms. The predicted octanol–water partition coefficient (Wildman–Crippen LogP) is 9.36. The molecule has 0 amide bonds. The number of methoxy groups -OCH3 is 1. The van der Waals surface area contributed by atoms with Crippen molar-refractivity contribution in [2.75, 3.05) is 40.1 Å². The molecule has 1 aliphatic heterocycles. The Morgan fingerprint density at radius 3 is 1.36 bits per heavy atom. The summed E-state index contributed by atoms with van der Waals surface area (Å²) in [5.41, 5.74) is 0. The first kappa shape index (κ1) is 57.1. The number of carbonyl (C=O) groups excluding carboxylic acids is 2. The number of aliphatic hydroxyl groups excluding tert-OH is 4. The van der Waals surface area contributed by atoms with Gasteiger partial charge < -0.3 is 48.8 Å². The lowest BCUT2D eigenvalue weighted by molar-refractivity contribution is -0.315. The SMILES string of the molecule is CCCCCCCC/C=C\CCCCCCCC(=O)OCC1OC(OC)C(OC(=O)CCCCCCC/C=C\CCCCCCCC)C(OCC(O)CO)C1OCC(O)CO. The van der Waals surface area contributed by atoms with Gasteiger partial charge in [-0.05, 0) is 64.2 Å². The van der Waals surface area contributed by atoms with Gasteiger partial charge in [0, 0.05) is 20.0 Å². The van der Waals surface area contributed by atoms with Crippen LogP contribution in [-0.2, 0) is 38.0 Å². The molecular formula is C49H90O12. The number of unbranched alkanes of at least 4 members (excludes halogenated alkanes) is 22. The molecule has 0 saturated carbocycles. The second-order valence-electron chi connectivity index (χ2n) is 16.9. The highest BCUT2D eigenvalue weighted by Gasteiger charge is 2.50. The third-order valence-electron chi connectivity index (χ3n) is 11.2. The monoisotopic (exact) mass is 871 g/mol. The highest BCUT2D eigenvalue weighted by atomic mass is 16.7. The average molecular weight is 871 g/mol. The maximum absolute atomic E-state index is 13.2. The van der Waals surface area contributed by atoms with Gasteiger partial charge in [-0.2, -0.15) is 0 Å². The van der Waals surface area contributed by atoms with Gasteiger partial charge >= 0.3 is 11.9 Å². The van der Waals surface area contributed by atoms with E-state index in [2.05, 4.69) is 38.2 Å². The molecule has 7 atom stereocenters. The summed E-state index contributed by atoms with van der Waals surface area (Å²) >= 11 is 0. The van der Waals surface area contributed by atoms with Crippen LogP contribution in [0.2, 0.25) is 0 Å². The number of ether oxygens (including phenoxy) is 6. The fourth-order valence-corrected chi connectivity index (χ4v) is 7.41. The summed E-state index contributed by atoms with van der Waals surface area (Å²) in [6.07, 6.45) is 31.6. The highest BCUT2D eigenvalue weighted by molar-refractivity contribution is 5.70. The van der Waals surface area contributed by atoms with Gasteiger partial charge in [0.1, 0.15) is 37.1 Å². The fourth-order valence-electron chi connectivity index (χ4n) is 7.41. The van der Waals surface area contributed by atoms with E-state index in [9.17, 15) is 30.0 Å². The van der Waals surface area contributed by atoms with Crippen LogP contribution in [0.15, 0.2) is 24.3 Å². The van der Waals surface area contributed by atoms with Gasteiger partial charge in [-0.25, -0.2) is 0 Å². The van der Waals surface area contributed by atoms with Gasteiger partial charge in [-0.15, -0.1) is 0 Å². The number of aliphatic hydroxyl groups is 4. The molecule has 4 N–H and O–H groups in total. The summed E-state index contributed by atoms with van der Waals surface area (Å²) in [5, 5.41) is 39.3. The Labute approximate surface area is 370 Å². The standard InChI is InChI=1S/C49H90O12/c1-4-6-8-10-12-14-16-18-20-22-24-26-28-30-32-34-44(54)57-40-43-46(58-38-41(52)36-50)47(59-39-42(53)37-51)48(49(56-3)60-43)61-45(55)35-33-31-29-27-25-23-21-19-17-15-13-11-9-7-5-2/h18-21,41-43,46-53H,4-17,22-40H2,1-3H3/b20-18-,21-19-. The van der Waals surface area contributed by atoms with Crippen molar-refractivity contribution in [2.24, 2.45) is 0 Å². The third-order valence-corrected chi connectivity index (χ3v) is 11.2. The van der Waals surface area contributed by atoms with Crippen LogP contribution in [0.3, 0.4) is 0 Å². The number of allylic oxidation sites excluding steroid dienone is 4. The van der Waals surface area contributed by atoms with Crippen molar-refractivity contribution in [3.8, 4) is 0 Å². The molecule has 1 rings (SSSR count). The summed E-state index contributed by atoms with van der Waals surface area (Å²) in [4.78, 5) is 26.0. The van der Waals surface area contributed by atoms with Gasteiger partial charge in [0.25, 0.3) is 0 Å². The van der Waals surface area contributed by atoms with Gasteiger partial charge in [-0.3, -0.25) is 9.59 Å². The van der Waals surface area contributed by atoms with E-state index in [1.165, 1.54) is 84.2 Å². The molecule has 358 valence electrons. The van der Waals surface area contributed by atoms with Gasteiger partial charge in [-0.1, -0.05) is 141 Å². The Morgan fingerprint density at radius 1 is 0.541 bits per heavy atom. The van der Waals surface area contributed by atoms with Crippen LogP contribution < -0.4 is 0 Å². The zero-order valence-corrected chi connectivity index (χ0v) is 38.7. The molecule has 0 aromatic heterocycles. The maximum Gasteiger partial charge on any atom is 0.306 e. The summed E-state index contributed by atoms with van der Waals surface area (Å²) in [6.45, 7) is 2.47. The molecule has 0 aromatic carbocycles. The molecule has 0 aromatic rings. The van der Waals surface area contributed by atoms with Gasteiger partial charge in [0.05, 0.1) is 26.4 Å². The second-order valence-corrected chi connectivity index (χ2v) is 16.9. The number of hydrogen-bond donors (Lipinski definition) is 4. The van der Waals surface area contributed by atoms with E-state index in [0.29, 0.717) is 12.8 Å². The predicted molar refractivity (Wildman–Crippen MR) is 241 cm³/mol. The quantitative estimate of drug-likeness (QED) is 0.0261. The lowest BCUT2D eigenvalue weighted by Crippen LogP contribution is -2.62. The largest absolute Gasteiger partial charge is 0.463 e. The maximum atomic E-state index is 13.2. The first-order valence-corrected chi connectivity index (χ1v) is 24.4. The first-order valence-electron chi connectivity index (χ1n) is 24.4. The molecule has 12 nitrogen and oxygen atoms in total. The zero-order valence-electron chi connectivity index (χ0n) is 38.7. The Bertz CT molecular complexity index is 1070. The Hall–Kier alpha value is -1.90. The summed E-state index contributed by atoms with van der Waals surface area (Å²) in [6, 6.07) is 0. The van der Waals surface area contributed by atoms with Crippen molar-refractivity contribution in [3.05, 3.63) is 24.3 Å². The van der Waals surface area contributed by atoms with Crippen LogP contribution in [0.4, 0.5) is 0 Å². The lowest BCUT2D eigenvalue weighted by Gasteiger charge is -2.45. The minimum absolute atomic E-state index is 0.170. The molecule has 1 aliphatic rings. The molecule has 0 aliphatic carbocycles. The molecule has 0 spiro atoms. The number of esters is 2. The van der Waals surface area contributed by atoms with Crippen LogP contribution in [0.1, 0.15) is 194 Å². The molecule has 0 radical (unpaired) electrons. The van der Waals surface area contributed by atoms with Crippen molar-refractivity contribution < 1.29 is 58.4 Å². The van der Waals surface area contributed by atoms with E-state index in [1.54, 1.807) is 0 Å². The fraction of sp³-hybridized carbons (Fsp3) is 0.878. The molecule has 1 fully saturated rings. The number of hydrogen-bond acceptors (Lipinski definition) is 12. The van der Waals surface area contributed by atoms with E-state index >= 15 is 0 Å². The normalized spacial score (nSPS) is 20.4. The minimum atomic E-state index is -1.23. The van der Waals surface area contributed by atoms with Crippen molar-refractivity contribution in [2.45, 2.75) is 237 Å². The highest BCUT2D eigenvalue weighted by Crippen LogP contribution is 2.30. The first-order chi connectivity index (χ1) is 29.8. The van der Waals surface area contributed by atoms with Crippen LogP contribution >= 0.6 is 0 Å². The van der Waals surface area contributed by atoms with Crippen molar-refractivity contribution >= 4 is 11.9 Å². The molecule has 0 bridgehead atoms. The van der Waals surface area contributed by atoms with Gasteiger partial charge in [0.2, 0.25) is 0 Å². The molecule has 7 unspecified atom stereocenters. The van der Waals surface area contributed by atoms with Crippen LogP contribution in [-0.4, -0.2) is 115 Å². The Kier molecular flexibility index (Phi) is 38.2. The summed E-state index contributed by atoms with van der Waals surface area (Å²) < 4.78 is 35.3. The zero-order chi connectivity index (χ0) is 44.6. The van der Waals surface area contributed by atoms with E-state index in [0.717, 1.165) is 77.0 Å². The van der Waals surface area contributed by atoms with E-state index in [1.807, 2.05) is 0 Å². The summed E-state index contributed by atoms with van der Waals surface area (Å²) in [5.74, 6) is -0.880. The second kappa shape index (κ2) is 40.8. The third kappa shape index (κ3) is 30.8. The Morgan fingerprint density at radius 2 is 0.934 bits per heavy atom. The van der Waals surface area contributed by atoms with Crippen LogP contribution in [0, 0.1) is 0 Å². The number of rotatable bonds is 42. The van der Waals surface area contributed by atoms with E-state index in [4.69, 9.17) is 28.4 Å². The van der Waals surface area contributed by atoms with Crippen molar-refractivity contribution in [1.82, 2.24) is 0 Å². The van der Waals surface area contributed by atoms with Crippen molar-refractivity contribution in [1.29, 1.82) is 0 Å². The lowest BCUT2D eigenvalue weighted by atomic mass is 9.98. The van der Waals surface area contributed by atoms with Crippen LogP contribution in [0.25, 0.3) is 0 Å². The summed E-state index contributed by atoms with van der Waals surface area (Å²) in [7, 11) is 1.39. The molecule has 61 heavy (non-hydrogen) atoms. The molecule has 1 heterocycles. The van der Waals surface area contributed by atoms with Crippen LogP contribution in [0.5, 0.6) is 0 Å². The number of carbonyl (C=O) groups is 2. The van der Waals surface area contributed by atoms with Crippen molar-refractivity contribution in [3.63, 3.8) is 0 Å². The average Bonchev–Trinajstić information content (AvgIpc) is 3.26. The molecule has 1 saturated heterocycles. The smallest absolute Gasteiger partial charge is 0.306 e. The topological polar surface area (TPSA) is 170 Å². The van der Waals surface area contributed by atoms with Gasteiger partial charge in [0.15, 0.2) is 12.4 Å². The van der Waals surface area contributed by atoms with E-state index < -0.39 is 68.1 Å².